The molecular formula is C23H45NO5Si2. The standard InChI is InChI=1S/C23H45NO5Si2/c1-22(2,3)30(8,9)28-17-18-16-27-21(24-18)15-20(14-19(26-7)12-13-25)29-31(10,11)23(4,5)6/h13,16,19-20H,12,14-15,17H2,1-11H3/t19-,20+/m1/s1. The van der Waals surface area contributed by atoms with Crippen molar-refractivity contribution < 1.29 is 22.8 Å². The minimum Gasteiger partial charge on any atom is -0.449 e. The Morgan fingerprint density at radius 2 is 1.61 bits per heavy atom. The Bertz CT molecular complexity index is 689. The fraction of sp³-hybridized carbons (Fsp3) is 0.826. The summed E-state index contributed by atoms with van der Waals surface area (Å²) in [6.45, 7) is 22.7. The van der Waals surface area contributed by atoms with Gasteiger partial charge in [-0.05, 0) is 42.7 Å². The topological polar surface area (TPSA) is 70.8 Å². The maximum absolute atomic E-state index is 11.0. The van der Waals surface area contributed by atoms with Gasteiger partial charge in [-0.3, -0.25) is 0 Å². The van der Waals surface area contributed by atoms with E-state index in [0.717, 1.165) is 12.0 Å². The molecule has 0 amide bonds. The summed E-state index contributed by atoms with van der Waals surface area (Å²) in [7, 11) is -2.22. The number of carbonyl (C=O) groups is 1. The van der Waals surface area contributed by atoms with Crippen LogP contribution in [0, 0.1) is 0 Å². The van der Waals surface area contributed by atoms with Gasteiger partial charge in [0.2, 0.25) is 0 Å². The van der Waals surface area contributed by atoms with Crippen molar-refractivity contribution in [3.05, 3.63) is 17.8 Å². The van der Waals surface area contributed by atoms with Crippen LogP contribution in [0.5, 0.6) is 0 Å². The molecule has 1 rings (SSSR count). The molecule has 0 aliphatic carbocycles. The molecule has 0 fully saturated rings. The number of oxazole rings is 1. The van der Waals surface area contributed by atoms with Crippen LogP contribution < -0.4 is 0 Å². The summed E-state index contributed by atoms with van der Waals surface area (Å²) in [5.74, 6) is 0.637. The van der Waals surface area contributed by atoms with Crippen molar-refractivity contribution in [2.45, 2.75) is 116 Å². The smallest absolute Gasteiger partial charge is 0.196 e. The first-order chi connectivity index (χ1) is 14.0. The van der Waals surface area contributed by atoms with E-state index in [9.17, 15) is 4.79 Å². The second kappa shape index (κ2) is 10.9. The Labute approximate surface area is 191 Å². The minimum absolute atomic E-state index is 0.0806. The molecule has 6 nitrogen and oxygen atoms in total. The van der Waals surface area contributed by atoms with Crippen molar-refractivity contribution in [2.24, 2.45) is 0 Å². The first kappa shape index (κ1) is 28.2. The molecule has 0 radical (unpaired) electrons. The van der Waals surface area contributed by atoms with Gasteiger partial charge in [0.15, 0.2) is 22.5 Å². The molecule has 0 saturated carbocycles. The zero-order valence-electron chi connectivity index (χ0n) is 21.6. The summed E-state index contributed by atoms with van der Waals surface area (Å²) in [6, 6.07) is 0. The molecule has 31 heavy (non-hydrogen) atoms. The van der Waals surface area contributed by atoms with Crippen LogP contribution >= 0.6 is 0 Å². The van der Waals surface area contributed by atoms with Crippen molar-refractivity contribution in [3.8, 4) is 0 Å². The van der Waals surface area contributed by atoms with Crippen LogP contribution in [0.3, 0.4) is 0 Å². The van der Waals surface area contributed by atoms with E-state index in [1.54, 1.807) is 13.4 Å². The van der Waals surface area contributed by atoms with Crippen molar-refractivity contribution in [1.29, 1.82) is 0 Å². The third-order valence-corrected chi connectivity index (χ3v) is 15.9. The van der Waals surface area contributed by atoms with Crippen LogP contribution in [0.15, 0.2) is 10.7 Å². The monoisotopic (exact) mass is 471 g/mol. The Morgan fingerprint density at radius 3 is 2.10 bits per heavy atom. The fourth-order valence-corrected chi connectivity index (χ4v) is 4.94. The molecule has 0 aliphatic rings. The molecule has 0 spiro atoms. The molecular weight excluding hydrogens is 426 g/mol. The van der Waals surface area contributed by atoms with Gasteiger partial charge in [-0.15, -0.1) is 0 Å². The summed E-state index contributed by atoms with van der Waals surface area (Å²) in [6.07, 6.45) is 3.81. The Hall–Kier alpha value is -0.806. The Balaban J connectivity index is 2.93. The quantitative estimate of drug-likeness (QED) is 0.270. The van der Waals surface area contributed by atoms with Gasteiger partial charge in [0.25, 0.3) is 0 Å². The molecule has 1 aromatic heterocycles. The lowest BCUT2D eigenvalue weighted by atomic mass is 10.1. The van der Waals surface area contributed by atoms with Gasteiger partial charge in [-0.2, -0.15) is 0 Å². The highest BCUT2D eigenvalue weighted by Crippen LogP contribution is 2.39. The van der Waals surface area contributed by atoms with Crippen LogP contribution in [0.1, 0.15) is 66.0 Å². The Kier molecular flexibility index (Phi) is 9.90. The van der Waals surface area contributed by atoms with Gasteiger partial charge in [0.1, 0.15) is 18.2 Å². The predicted molar refractivity (Wildman–Crippen MR) is 130 cm³/mol. The number of nitrogens with zero attached hydrogens (tertiary/aromatic N) is 1. The largest absolute Gasteiger partial charge is 0.449 e. The van der Waals surface area contributed by atoms with Crippen LogP contribution in [-0.4, -0.2) is 47.2 Å². The van der Waals surface area contributed by atoms with Gasteiger partial charge < -0.3 is 22.8 Å². The molecule has 1 aromatic rings. The molecule has 0 unspecified atom stereocenters. The summed E-state index contributed by atoms with van der Waals surface area (Å²) in [4.78, 5) is 15.7. The highest BCUT2D eigenvalue weighted by molar-refractivity contribution is 6.74. The maximum Gasteiger partial charge on any atom is 0.196 e. The van der Waals surface area contributed by atoms with Gasteiger partial charge in [0.05, 0.1) is 18.8 Å². The van der Waals surface area contributed by atoms with E-state index in [1.165, 1.54) is 0 Å². The van der Waals surface area contributed by atoms with Crippen LogP contribution in [0.25, 0.3) is 0 Å². The number of aldehydes is 1. The van der Waals surface area contributed by atoms with Crippen molar-refractivity contribution in [1.82, 2.24) is 4.98 Å². The van der Waals surface area contributed by atoms with Crippen LogP contribution in [-0.2, 0) is 31.4 Å². The van der Waals surface area contributed by atoms with Gasteiger partial charge in [-0.25, -0.2) is 4.98 Å². The average Bonchev–Trinajstić information content (AvgIpc) is 3.04. The number of carbonyl (C=O) groups excluding carboxylic acids is 1. The summed E-state index contributed by atoms with van der Waals surface area (Å²) in [5.41, 5.74) is 0.807. The van der Waals surface area contributed by atoms with E-state index < -0.39 is 16.6 Å². The van der Waals surface area contributed by atoms with E-state index in [0.29, 0.717) is 31.8 Å². The molecule has 8 heteroatoms. The highest BCUT2D eigenvalue weighted by atomic mass is 28.4. The molecule has 0 saturated heterocycles. The number of methoxy groups -OCH3 is 1. The summed E-state index contributed by atoms with van der Waals surface area (Å²) < 4.78 is 24.2. The lowest BCUT2D eigenvalue weighted by Crippen LogP contribution is -2.45. The molecule has 0 aromatic carbocycles. The van der Waals surface area contributed by atoms with Gasteiger partial charge in [0, 0.05) is 20.0 Å². The summed E-state index contributed by atoms with van der Waals surface area (Å²) >= 11 is 0. The molecule has 0 aliphatic heterocycles. The SMILES string of the molecule is CO[C@H](CC=O)C[C@@H](Cc1nc(CO[Si](C)(C)C(C)(C)C)co1)O[Si](C)(C)C(C)(C)C. The zero-order valence-corrected chi connectivity index (χ0v) is 23.6. The summed E-state index contributed by atoms with van der Waals surface area (Å²) in [5, 5.41) is 0.229. The first-order valence-electron chi connectivity index (χ1n) is 11.2. The van der Waals surface area contributed by atoms with Crippen molar-refractivity contribution in [2.75, 3.05) is 7.11 Å². The number of rotatable bonds is 12. The molecule has 180 valence electrons. The lowest BCUT2D eigenvalue weighted by molar-refractivity contribution is -0.110. The van der Waals surface area contributed by atoms with Crippen LogP contribution in [0.4, 0.5) is 0 Å². The number of hydrogen-bond acceptors (Lipinski definition) is 6. The van der Waals surface area contributed by atoms with Crippen molar-refractivity contribution >= 4 is 22.9 Å². The van der Waals surface area contributed by atoms with E-state index in [-0.39, 0.29) is 22.3 Å². The van der Waals surface area contributed by atoms with Gasteiger partial charge in [-0.1, -0.05) is 41.5 Å². The predicted octanol–water partition coefficient (Wildman–Crippen LogP) is 6.12. The average molecular weight is 472 g/mol. The van der Waals surface area contributed by atoms with E-state index in [1.807, 2.05) is 0 Å². The molecule has 1 heterocycles. The molecule has 2 atom stereocenters. The number of aromatic nitrogens is 1. The number of ether oxygens (including phenoxy) is 1. The fourth-order valence-electron chi connectivity index (χ4n) is 2.63. The highest BCUT2D eigenvalue weighted by Gasteiger charge is 2.40. The molecule has 0 bridgehead atoms. The first-order valence-corrected chi connectivity index (χ1v) is 17.1. The van der Waals surface area contributed by atoms with Crippen molar-refractivity contribution in [3.63, 3.8) is 0 Å². The lowest BCUT2D eigenvalue weighted by Gasteiger charge is -2.39. The normalized spacial score (nSPS) is 15.7. The van der Waals surface area contributed by atoms with E-state index in [2.05, 4.69) is 72.7 Å². The second-order valence-corrected chi connectivity index (χ2v) is 21.0. The zero-order chi connectivity index (χ0) is 24.1. The third kappa shape index (κ3) is 8.57. The minimum atomic E-state index is -2.01. The third-order valence-electron chi connectivity index (χ3n) is 6.87. The Morgan fingerprint density at radius 1 is 1.03 bits per heavy atom. The molecule has 0 N–H and O–H groups in total. The van der Waals surface area contributed by atoms with E-state index >= 15 is 0 Å². The maximum atomic E-state index is 11.0. The second-order valence-electron chi connectivity index (χ2n) is 11.5. The van der Waals surface area contributed by atoms with E-state index in [4.69, 9.17) is 18.0 Å². The van der Waals surface area contributed by atoms with Crippen LogP contribution in [0.2, 0.25) is 36.3 Å². The van der Waals surface area contributed by atoms with Gasteiger partial charge >= 0.3 is 0 Å². The number of hydrogen-bond donors (Lipinski definition) is 0.